The van der Waals surface area contributed by atoms with Gasteiger partial charge in [-0.2, -0.15) is 5.10 Å². The zero-order valence-corrected chi connectivity index (χ0v) is 15.4. The molecule has 0 saturated carbocycles. The van der Waals surface area contributed by atoms with Crippen molar-refractivity contribution in [3.8, 4) is 11.5 Å². The lowest BCUT2D eigenvalue weighted by Gasteiger charge is -2.29. The van der Waals surface area contributed by atoms with Crippen molar-refractivity contribution in [2.75, 3.05) is 10.2 Å². The number of hydrogen-bond donors (Lipinski definition) is 2. The predicted molar refractivity (Wildman–Crippen MR) is 107 cm³/mol. The molecule has 29 heavy (non-hydrogen) atoms. The van der Waals surface area contributed by atoms with Gasteiger partial charge in [0.2, 0.25) is 0 Å². The number of para-hydroxylation sites is 1. The Bertz CT molecular complexity index is 1250. The second-order valence-electron chi connectivity index (χ2n) is 6.73. The van der Waals surface area contributed by atoms with Crippen molar-refractivity contribution in [2.24, 2.45) is 0 Å². The summed E-state index contributed by atoms with van der Waals surface area (Å²) in [4.78, 5) is 18.1. The Balaban J connectivity index is 1.45. The normalized spacial score (nSPS) is 13.3. The van der Waals surface area contributed by atoms with Gasteiger partial charge in [-0.1, -0.05) is 18.2 Å². The third-order valence-corrected chi connectivity index (χ3v) is 4.88. The monoisotopic (exact) mass is 389 g/mol. The maximum Gasteiger partial charge on any atom is 0.326 e. The number of aromatic nitrogens is 3. The second-order valence-corrected chi connectivity index (χ2v) is 6.73. The summed E-state index contributed by atoms with van der Waals surface area (Å²) >= 11 is 0. The van der Waals surface area contributed by atoms with Crippen LogP contribution >= 0.6 is 0 Å². The van der Waals surface area contributed by atoms with E-state index in [1.807, 2.05) is 31.2 Å². The van der Waals surface area contributed by atoms with E-state index in [0.29, 0.717) is 34.7 Å². The molecule has 2 N–H and O–H groups in total. The molecule has 0 radical (unpaired) electrons. The van der Waals surface area contributed by atoms with E-state index in [-0.39, 0.29) is 11.8 Å². The Labute approximate surface area is 165 Å². The number of halogens is 1. The Morgan fingerprint density at radius 3 is 2.86 bits per heavy atom. The first-order valence-electron chi connectivity index (χ1n) is 9.03. The summed E-state index contributed by atoms with van der Waals surface area (Å²) in [5.41, 5.74) is 3.46. The zero-order valence-electron chi connectivity index (χ0n) is 15.4. The summed E-state index contributed by atoms with van der Waals surface area (Å²) in [6.45, 7) is 2.18. The lowest BCUT2D eigenvalue weighted by molar-refractivity contribution is 0.256. The summed E-state index contributed by atoms with van der Waals surface area (Å²) in [5, 5.41) is 10.4. The van der Waals surface area contributed by atoms with E-state index in [1.165, 1.54) is 17.0 Å². The largest absolute Gasteiger partial charge is 0.453 e. The van der Waals surface area contributed by atoms with Crippen LogP contribution in [0.3, 0.4) is 0 Å². The summed E-state index contributed by atoms with van der Waals surface area (Å²) in [6.07, 6.45) is 1.57. The topological polar surface area (TPSA) is 83.1 Å². The molecular weight excluding hydrogens is 373 g/mol. The average Bonchev–Trinajstić information content (AvgIpc) is 3.11. The highest BCUT2D eigenvalue weighted by Crippen LogP contribution is 2.34. The number of fused-ring (bicyclic) bond motifs is 2. The van der Waals surface area contributed by atoms with Gasteiger partial charge in [0, 0.05) is 23.6 Å². The maximum absolute atomic E-state index is 14.8. The molecule has 4 aromatic rings. The van der Waals surface area contributed by atoms with Crippen molar-refractivity contribution in [1.29, 1.82) is 0 Å². The Morgan fingerprint density at radius 2 is 2.00 bits per heavy atom. The number of hydrogen-bond acceptors (Lipinski definition) is 4. The molecule has 1 aliphatic rings. The van der Waals surface area contributed by atoms with Crippen LogP contribution in [0.4, 0.5) is 20.6 Å². The van der Waals surface area contributed by atoms with E-state index < -0.39 is 5.82 Å². The number of ether oxygens (including phenoxy) is 1. The number of urea groups is 1. The molecule has 1 aliphatic heterocycles. The molecule has 2 aromatic heterocycles. The molecule has 0 unspecified atom stereocenters. The summed E-state index contributed by atoms with van der Waals surface area (Å²) in [6, 6.07) is 13.4. The number of aryl methyl sites for hydroxylation is 1. The van der Waals surface area contributed by atoms with E-state index in [1.54, 1.807) is 18.3 Å². The van der Waals surface area contributed by atoms with Gasteiger partial charge in [-0.3, -0.25) is 10.00 Å². The van der Waals surface area contributed by atoms with Gasteiger partial charge in [0.05, 0.1) is 17.6 Å². The predicted octanol–water partition coefficient (Wildman–Crippen LogP) is 4.75. The molecule has 5 rings (SSSR count). The maximum atomic E-state index is 14.8. The molecule has 8 heteroatoms. The van der Waals surface area contributed by atoms with Crippen LogP contribution < -0.4 is 15.0 Å². The molecule has 7 nitrogen and oxygen atoms in total. The fourth-order valence-corrected chi connectivity index (χ4v) is 3.43. The second kappa shape index (κ2) is 6.59. The number of H-pyrrole nitrogens is 1. The summed E-state index contributed by atoms with van der Waals surface area (Å²) < 4.78 is 20.6. The number of nitrogens with one attached hydrogen (secondary N) is 2. The first-order chi connectivity index (χ1) is 14.1. The minimum Gasteiger partial charge on any atom is -0.453 e. The third-order valence-electron chi connectivity index (χ3n) is 4.88. The Hall–Kier alpha value is -3.94. The number of carbonyl (C=O) groups excluding carboxylic acids is 1. The lowest BCUT2D eigenvalue weighted by atomic mass is 10.1. The smallest absolute Gasteiger partial charge is 0.326 e. The number of pyridine rings is 1. The van der Waals surface area contributed by atoms with Gasteiger partial charge in [0.15, 0.2) is 17.2 Å². The van der Waals surface area contributed by atoms with E-state index in [2.05, 4.69) is 20.5 Å². The lowest BCUT2D eigenvalue weighted by Crippen LogP contribution is -2.38. The SMILES string of the molecule is Cc1n[nH]c2nccc(Oc3ccc(N4Cc5ccccc5NC4=O)cc3F)c12. The number of anilines is 2. The van der Waals surface area contributed by atoms with Gasteiger partial charge < -0.3 is 10.1 Å². The van der Waals surface area contributed by atoms with Crippen molar-refractivity contribution in [1.82, 2.24) is 15.2 Å². The van der Waals surface area contributed by atoms with E-state index >= 15 is 0 Å². The van der Waals surface area contributed by atoms with Crippen molar-refractivity contribution in [3.05, 3.63) is 71.8 Å². The first kappa shape index (κ1) is 17.2. The van der Waals surface area contributed by atoms with Crippen molar-refractivity contribution in [3.63, 3.8) is 0 Å². The fourth-order valence-electron chi connectivity index (χ4n) is 3.43. The van der Waals surface area contributed by atoms with Gasteiger partial charge >= 0.3 is 6.03 Å². The van der Waals surface area contributed by atoms with Gasteiger partial charge in [-0.05, 0) is 36.8 Å². The summed E-state index contributed by atoms with van der Waals surface area (Å²) in [5.74, 6) is -0.0579. The molecule has 0 fully saturated rings. The van der Waals surface area contributed by atoms with Crippen LogP contribution in [0.25, 0.3) is 11.0 Å². The number of nitrogens with zero attached hydrogens (tertiary/aromatic N) is 3. The van der Waals surface area contributed by atoms with Crippen LogP contribution in [0.1, 0.15) is 11.3 Å². The van der Waals surface area contributed by atoms with Gasteiger partial charge in [-0.15, -0.1) is 0 Å². The van der Waals surface area contributed by atoms with Crippen molar-refractivity contribution in [2.45, 2.75) is 13.5 Å². The van der Waals surface area contributed by atoms with Crippen LogP contribution in [0.15, 0.2) is 54.7 Å². The van der Waals surface area contributed by atoms with Crippen LogP contribution in [-0.4, -0.2) is 21.2 Å². The molecule has 0 atom stereocenters. The molecule has 0 spiro atoms. The molecule has 2 aromatic carbocycles. The molecule has 2 amide bonds. The number of benzene rings is 2. The molecule has 0 bridgehead atoms. The third kappa shape index (κ3) is 2.94. The zero-order chi connectivity index (χ0) is 20.0. The highest BCUT2D eigenvalue weighted by atomic mass is 19.1. The highest BCUT2D eigenvalue weighted by molar-refractivity contribution is 6.04. The van der Waals surface area contributed by atoms with Crippen LogP contribution in [0.5, 0.6) is 11.5 Å². The average molecular weight is 389 g/mol. The summed E-state index contributed by atoms with van der Waals surface area (Å²) in [7, 11) is 0. The molecule has 0 aliphatic carbocycles. The number of aromatic amines is 1. The molecular formula is C21H16FN5O2. The highest BCUT2D eigenvalue weighted by Gasteiger charge is 2.24. The van der Waals surface area contributed by atoms with Gasteiger partial charge in [0.25, 0.3) is 0 Å². The molecule has 3 heterocycles. The standard InChI is InChI=1S/C21H16FN5O2/c1-12-19-18(8-9-23-20(19)26-25-12)29-17-7-6-14(10-15(17)22)27-11-13-4-2-3-5-16(13)24-21(27)28/h2-10H,11H2,1H3,(H,24,28)(H,23,25,26). The van der Waals surface area contributed by atoms with Gasteiger partial charge in [-0.25, -0.2) is 14.2 Å². The van der Waals surface area contributed by atoms with E-state index in [9.17, 15) is 9.18 Å². The quantitative estimate of drug-likeness (QED) is 0.530. The fraction of sp³-hybridized carbons (Fsp3) is 0.0952. The van der Waals surface area contributed by atoms with Gasteiger partial charge in [0.1, 0.15) is 5.75 Å². The molecule has 0 saturated heterocycles. The van der Waals surface area contributed by atoms with Crippen molar-refractivity contribution < 1.29 is 13.9 Å². The first-order valence-corrected chi connectivity index (χ1v) is 9.03. The van der Waals surface area contributed by atoms with Crippen molar-refractivity contribution >= 4 is 28.4 Å². The van der Waals surface area contributed by atoms with Crippen LogP contribution in [-0.2, 0) is 6.54 Å². The Kier molecular flexibility index (Phi) is 3.90. The Morgan fingerprint density at radius 1 is 1.14 bits per heavy atom. The number of amides is 2. The minimum absolute atomic E-state index is 0.0552. The number of rotatable bonds is 3. The van der Waals surface area contributed by atoms with E-state index in [4.69, 9.17) is 4.74 Å². The van der Waals surface area contributed by atoms with E-state index in [0.717, 1.165) is 11.3 Å². The van der Waals surface area contributed by atoms with Crippen LogP contribution in [0, 0.1) is 12.7 Å². The molecule has 144 valence electrons. The van der Waals surface area contributed by atoms with Crippen LogP contribution in [0.2, 0.25) is 0 Å². The minimum atomic E-state index is -0.569. The number of carbonyl (C=O) groups is 1.